The Labute approximate surface area is 143 Å². The van der Waals surface area contributed by atoms with Gasteiger partial charge in [-0.2, -0.15) is 0 Å². The van der Waals surface area contributed by atoms with Gasteiger partial charge in [-0.15, -0.1) is 0 Å². The first-order valence-electron chi connectivity index (χ1n) is 8.63. The Bertz CT molecular complexity index is 911. The van der Waals surface area contributed by atoms with Gasteiger partial charge in [0.2, 0.25) is 0 Å². The SMILES string of the molecule is CCCn1c(=O)[nH]c(=O)c2c(C(=O)NCCCO)cc(C3CC3)nc21. The molecule has 3 N–H and O–H groups in total. The van der Waals surface area contributed by atoms with E-state index in [1.54, 1.807) is 6.07 Å². The summed E-state index contributed by atoms with van der Waals surface area (Å²) in [4.78, 5) is 44.0. The third-order valence-electron chi connectivity index (χ3n) is 4.28. The number of aromatic amines is 1. The summed E-state index contributed by atoms with van der Waals surface area (Å²) in [5.74, 6) is -0.118. The molecular formula is C17H22N4O4. The van der Waals surface area contributed by atoms with Crippen molar-refractivity contribution in [1.29, 1.82) is 0 Å². The van der Waals surface area contributed by atoms with Gasteiger partial charge >= 0.3 is 5.69 Å². The fourth-order valence-electron chi connectivity index (χ4n) is 2.87. The molecule has 8 nitrogen and oxygen atoms in total. The van der Waals surface area contributed by atoms with Gasteiger partial charge in [-0.05, 0) is 31.7 Å². The van der Waals surface area contributed by atoms with E-state index in [0.717, 1.165) is 18.5 Å². The second-order valence-corrected chi connectivity index (χ2v) is 6.31. The standard InChI is InChI=1S/C17H22N4O4/c1-2-7-21-14-13(16(24)20-17(21)25)11(15(23)18-6-3-8-22)9-12(19-14)10-4-5-10/h9-10,22H,2-8H2,1H3,(H,18,23)(H,20,24,25). The van der Waals surface area contributed by atoms with Crippen molar-refractivity contribution in [3.05, 3.63) is 38.2 Å². The minimum Gasteiger partial charge on any atom is -0.396 e. The lowest BCUT2D eigenvalue weighted by atomic mass is 10.1. The lowest BCUT2D eigenvalue weighted by molar-refractivity contribution is 0.0952. The van der Waals surface area contributed by atoms with Crippen molar-refractivity contribution in [2.75, 3.05) is 13.2 Å². The van der Waals surface area contributed by atoms with Gasteiger partial charge in [0, 0.05) is 31.3 Å². The minimum absolute atomic E-state index is 0.0265. The van der Waals surface area contributed by atoms with Crippen molar-refractivity contribution >= 4 is 16.9 Å². The number of hydrogen-bond donors (Lipinski definition) is 3. The average Bonchev–Trinajstić information content (AvgIpc) is 3.42. The Balaban J connectivity index is 2.20. The van der Waals surface area contributed by atoms with Gasteiger partial charge in [0.15, 0.2) is 5.65 Å². The van der Waals surface area contributed by atoms with Gasteiger partial charge in [-0.3, -0.25) is 19.1 Å². The van der Waals surface area contributed by atoms with E-state index in [-0.39, 0.29) is 29.1 Å². The molecule has 0 aliphatic heterocycles. The van der Waals surface area contributed by atoms with Gasteiger partial charge in [-0.25, -0.2) is 9.78 Å². The van der Waals surface area contributed by atoms with E-state index < -0.39 is 17.2 Å². The Morgan fingerprint density at radius 2 is 2.20 bits per heavy atom. The van der Waals surface area contributed by atoms with E-state index in [2.05, 4.69) is 15.3 Å². The molecule has 0 bridgehead atoms. The summed E-state index contributed by atoms with van der Waals surface area (Å²) < 4.78 is 1.42. The van der Waals surface area contributed by atoms with Crippen LogP contribution in [0.3, 0.4) is 0 Å². The van der Waals surface area contributed by atoms with Gasteiger partial charge in [0.1, 0.15) is 0 Å². The first-order chi connectivity index (χ1) is 12.1. The van der Waals surface area contributed by atoms with E-state index in [0.29, 0.717) is 25.9 Å². The van der Waals surface area contributed by atoms with Crippen LogP contribution in [0.15, 0.2) is 15.7 Å². The zero-order chi connectivity index (χ0) is 18.0. The van der Waals surface area contributed by atoms with Crippen LogP contribution in [0.1, 0.15) is 54.6 Å². The van der Waals surface area contributed by atoms with Crippen LogP contribution in [0.5, 0.6) is 0 Å². The monoisotopic (exact) mass is 346 g/mol. The largest absolute Gasteiger partial charge is 0.396 e. The van der Waals surface area contributed by atoms with Gasteiger partial charge < -0.3 is 10.4 Å². The minimum atomic E-state index is -0.602. The Kier molecular flexibility index (Phi) is 4.98. The number of carbonyl (C=O) groups excluding carboxylic acids is 1. The summed E-state index contributed by atoms with van der Waals surface area (Å²) in [6.07, 6.45) is 3.12. The number of nitrogens with one attached hydrogen (secondary N) is 2. The molecule has 134 valence electrons. The lowest BCUT2D eigenvalue weighted by Gasteiger charge is -2.13. The summed E-state index contributed by atoms with van der Waals surface area (Å²) >= 11 is 0. The van der Waals surface area contributed by atoms with Gasteiger partial charge in [0.05, 0.1) is 10.9 Å². The maximum atomic E-state index is 12.6. The van der Waals surface area contributed by atoms with Crippen molar-refractivity contribution < 1.29 is 9.90 Å². The molecule has 1 amide bonds. The number of pyridine rings is 1. The number of carbonyl (C=O) groups is 1. The highest BCUT2D eigenvalue weighted by molar-refractivity contribution is 6.05. The van der Waals surface area contributed by atoms with Crippen LogP contribution in [0, 0.1) is 0 Å². The Hall–Kier alpha value is -2.48. The second kappa shape index (κ2) is 7.18. The zero-order valence-electron chi connectivity index (χ0n) is 14.2. The molecule has 1 aliphatic rings. The third-order valence-corrected chi connectivity index (χ3v) is 4.28. The molecule has 2 heterocycles. The van der Waals surface area contributed by atoms with E-state index in [1.165, 1.54) is 4.57 Å². The number of H-pyrrole nitrogens is 1. The molecule has 25 heavy (non-hydrogen) atoms. The number of aromatic nitrogens is 3. The molecule has 8 heteroatoms. The van der Waals surface area contributed by atoms with Crippen LogP contribution in [0.25, 0.3) is 11.0 Å². The molecule has 2 aromatic heterocycles. The topological polar surface area (TPSA) is 117 Å². The number of rotatable bonds is 7. The van der Waals surface area contributed by atoms with Crippen LogP contribution in [0.4, 0.5) is 0 Å². The van der Waals surface area contributed by atoms with Gasteiger partial charge in [0.25, 0.3) is 11.5 Å². The van der Waals surface area contributed by atoms with Crippen LogP contribution < -0.4 is 16.6 Å². The van der Waals surface area contributed by atoms with Crippen molar-refractivity contribution in [1.82, 2.24) is 19.9 Å². The number of fused-ring (bicyclic) bond motifs is 1. The zero-order valence-corrected chi connectivity index (χ0v) is 14.2. The molecule has 0 radical (unpaired) electrons. The molecule has 0 spiro atoms. The first kappa shape index (κ1) is 17.3. The fourth-order valence-corrected chi connectivity index (χ4v) is 2.87. The highest BCUT2D eigenvalue weighted by atomic mass is 16.3. The second-order valence-electron chi connectivity index (χ2n) is 6.31. The third kappa shape index (κ3) is 3.48. The van der Waals surface area contributed by atoms with Crippen LogP contribution in [0.2, 0.25) is 0 Å². The fraction of sp³-hybridized carbons (Fsp3) is 0.529. The Morgan fingerprint density at radius 1 is 1.44 bits per heavy atom. The molecule has 0 aromatic carbocycles. The van der Waals surface area contributed by atoms with E-state index >= 15 is 0 Å². The van der Waals surface area contributed by atoms with E-state index in [9.17, 15) is 14.4 Å². The van der Waals surface area contributed by atoms with E-state index in [4.69, 9.17) is 5.11 Å². The molecule has 0 atom stereocenters. The normalized spacial score (nSPS) is 14.0. The quantitative estimate of drug-likeness (QED) is 0.631. The summed E-state index contributed by atoms with van der Waals surface area (Å²) in [5, 5.41) is 11.7. The van der Waals surface area contributed by atoms with Crippen molar-refractivity contribution in [2.24, 2.45) is 0 Å². The molecule has 0 saturated heterocycles. The number of aryl methyl sites for hydroxylation is 1. The molecular weight excluding hydrogens is 324 g/mol. The predicted octanol–water partition coefficient (Wildman–Crippen LogP) is 0.484. The molecule has 2 aromatic rings. The molecule has 1 fully saturated rings. The molecule has 3 rings (SSSR count). The van der Waals surface area contributed by atoms with Crippen molar-refractivity contribution in [3.63, 3.8) is 0 Å². The van der Waals surface area contributed by atoms with Crippen molar-refractivity contribution in [2.45, 2.75) is 45.1 Å². The maximum absolute atomic E-state index is 12.6. The molecule has 0 unspecified atom stereocenters. The highest BCUT2D eigenvalue weighted by Crippen LogP contribution is 2.39. The maximum Gasteiger partial charge on any atom is 0.329 e. The Morgan fingerprint density at radius 3 is 2.84 bits per heavy atom. The number of nitrogens with zero attached hydrogens (tertiary/aromatic N) is 2. The molecule has 1 aliphatic carbocycles. The number of aliphatic hydroxyl groups is 1. The number of amides is 1. The predicted molar refractivity (Wildman–Crippen MR) is 92.9 cm³/mol. The smallest absolute Gasteiger partial charge is 0.329 e. The van der Waals surface area contributed by atoms with Crippen LogP contribution in [-0.2, 0) is 6.54 Å². The summed E-state index contributed by atoms with van der Waals surface area (Å²) in [5.41, 5.74) is 0.138. The summed E-state index contributed by atoms with van der Waals surface area (Å²) in [7, 11) is 0. The van der Waals surface area contributed by atoms with Gasteiger partial charge in [-0.1, -0.05) is 6.92 Å². The lowest BCUT2D eigenvalue weighted by Crippen LogP contribution is -2.33. The van der Waals surface area contributed by atoms with Crippen LogP contribution in [-0.4, -0.2) is 38.7 Å². The molecule has 1 saturated carbocycles. The highest BCUT2D eigenvalue weighted by Gasteiger charge is 2.28. The summed E-state index contributed by atoms with van der Waals surface area (Å²) in [6, 6.07) is 1.66. The number of hydrogen-bond acceptors (Lipinski definition) is 5. The first-order valence-corrected chi connectivity index (χ1v) is 8.63. The van der Waals surface area contributed by atoms with Crippen LogP contribution >= 0.6 is 0 Å². The number of aliphatic hydroxyl groups excluding tert-OH is 1. The summed E-state index contributed by atoms with van der Waals surface area (Å²) in [6.45, 7) is 2.63. The van der Waals surface area contributed by atoms with E-state index in [1.807, 2.05) is 6.92 Å². The average molecular weight is 346 g/mol. The van der Waals surface area contributed by atoms with Crippen molar-refractivity contribution in [3.8, 4) is 0 Å².